The number of rotatable bonds is 5. The van der Waals surface area contributed by atoms with E-state index in [1.165, 1.54) is 6.07 Å². The number of anilines is 3. The van der Waals surface area contributed by atoms with Gasteiger partial charge in [-0.05, 0) is 41.9 Å². The number of aromatic amines is 1. The fourth-order valence-corrected chi connectivity index (χ4v) is 4.46. The molecule has 0 atom stereocenters. The number of hydrogen-bond donors (Lipinski definition) is 5. The highest BCUT2D eigenvalue weighted by Gasteiger charge is 2.17. The summed E-state index contributed by atoms with van der Waals surface area (Å²) in [4.78, 5) is 21.4. The van der Waals surface area contributed by atoms with Crippen molar-refractivity contribution in [2.45, 2.75) is 0 Å². The van der Waals surface area contributed by atoms with Gasteiger partial charge in [-0.3, -0.25) is 4.79 Å². The first-order valence-electron chi connectivity index (χ1n) is 11.5. The third-order valence-corrected chi connectivity index (χ3v) is 6.22. The number of aromatic nitrogens is 2. The summed E-state index contributed by atoms with van der Waals surface area (Å²) >= 11 is 0. The Hall–Kier alpha value is -4.66. The summed E-state index contributed by atoms with van der Waals surface area (Å²) < 4.78 is 0. The Bertz CT molecular complexity index is 1760. The average molecular weight is 472 g/mol. The van der Waals surface area contributed by atoms with Gasteiger partial charge in [-0.1, -0.05) is 60.7 Å². The van der Waals surface area contributed by atoms with Gasteiger partial charge >= 0.3 is 7.12 Å². The second kappa shape index (κ2) is 8.85. The predicted molar refractivity (Wildman–Crippen MR) is 145 cm³/mol. The van der Waals surface area contributed by atoms with E-state index in [1.54, 1.807) is 18.2 Å². The van der Waals surface area contributed by atoms with Crippen LogP contribution in [0.5, 0.6) is 0 Å². The van der Waals surface area contributed by atoms with Crippen LogP contribution in [0.15, 0.2) is 97.1 Å². The first kappa shape index (κ1) is 21.9. The molecule has 2 heterocycles. The van der Waals surface area contributed by atoms with Gasteiger partial charge in [-0.25, -0.2) is 4.98 Å². The Morgan fingerprint density at radius 1 is 0.806 bits per heavy atom. The number of para-hydroxylation sites is 4. The molecule has 0 aliphatic rings. The van der Waals surface area contributed by atoms with E-state index in [2.05, 4.69) is 15.6 Å². The number of benzene rings is 4. The van der Waals surface area contributed by atoms with Crippen molar-refractivity contribution in [2.24, 2.45) is 0 Å². The summed E-state index contributed by atoms with van der Waals surface area (Å²) in [5, 5.41) is 27.4. The molecule has 6 rings (SSSR count). The van der Waals surface area contributed by atoms with Crippen LogP contribution >= 0.6 is 0 Å². The van der Waals surface area contributed by atoms with Crippen LogP contribution in [-0.2, 0) is 0 Å². The Labute approximate surface area is 206 Å². The van der Waals surface area contributed by atoms with Crippen molar-refractivity contribution in [1.29, 1.82) is 0 Å². The van der Waals surface area contributed by atoms with Crippen LogP contribution in [0.3, 0.4) is 0 Å². The lowest BCUT2D eigenvalue weighted by atomic mass is 9.79. The minimum atomic E-state index is -1.65. The number of fused-ring (bicyclic) bond motifs is 4. The van der Waals surface area contributed by atoms with Gasteiger partial charge in [-0.15, -0.1) is 0 Å². The predicted octanol–water partition coefficient (Wildman–Crippen LogP) is 4.55. The van der Waals surface area contributed by atoms with Gasteiger partial charge in [0, 0.05) is 21.9 Å². The van der Waals surface area contributed by atoms with Crippen molar-refractivity contribution < 1.29 is 14.8 Å². The van der Waals surface area contributed by atoms with Crippen molar-refractivity contribution in [2.75, 3.05) is 10.6 Å². The van der Waals surface area contributed by atoms with Crippen LogP contribution in [0.4, 0.5) is 17.1 Å². The summed E-state index contributed by atoms with van der Waals surface area (Å²) in [5.74, 6) is -0.359. The SMILES string of the molecule is O=C(Nc1ccccc1Nc1c2ccccc2nc2c1[nH]c1ccccc12)c1cccc(B(O)O)c1. The number of carbonyl (C=O) groups excluding carboxylic acids is 1. The normalized spacial score (nSPS) is 11.2. The van der Waals surface area contributed by atoms with Gasteiger partial charge in [0.2, 0.25) is 0 Å². The zero-order valence-electron chi connectivity index (χ0n) is 19.1. The third kappa shape index (κ3) is 3.84. The molecule has 36 heavy (non-hydrogen) atoms. The van der Waals surface area contributed by atoms with Gasteiger partial charge in [0.1, 0.15) is 0 Å². The summed E-state index contributed by atoms with van der Waals surface area (Å²) in [7, 11) is -1.65. The Balaban J connectivity index is 1.44. The molecular weight excluding hydrogens is 451 g/mol. The molecule has 0 bridgehead atoms. The number of hydrogen-bond acceptors (Lipinski definition) is 5. The topological polar surface area (TPSA) is 110 Å². The van der Waals surface area contributed by atoms with E-state index in [0.29, 0.717) is 16.9 Å². The molecule has 4 aromatic carbocycles. The van der Waals surface area contributed by atoms with Gasteiger partial charge in [-0.2, -0.15) is 0 Å². The monoisotopic (exact) mass is 472 g/mol. The van der Waals surface area contributed by atoms with E-state index >= 15 is 0 Å². The highest BCUT2D eigenvalue weighted by Crippen LogP contribution is 2.37. The second-order valence-electron chi connectivity index (χ2n) is 8.52. The van der Waals surface area contributed by atoms with E-state index in [-0.39, 0.29) is 11.4 Å². The van der Waals surface area contributed by atoms with Crippen molar-refractivity contribution in [3.63, 3.8) is 0 Å². The van der Waals surface area contributed by atoms with Crippen LogP contribution in [0.2, 0.25) is 0 Å². The van der Waals surface area contributed by atoms with Crippen LogP contribution < -0.4 is 16.1 Å². The van der Waals surface area contributed by atoms with E-state index < -0.39 is 7.12 Å². The quantitative estimate of drug-likeness (QED) is 0.237. The van der Waals surface area contributed by atoms with Crippen molar-refractivity contribution in [1.82, 2.24) is 9.97 Å². The number of nitrogens with one attached hydrogen (secondary N) is 3. The van der Waals surface area contributed by atoms with Crippen LogP contribution in [0.25, 0.3) is 32.8 Å². The Morgan fingerprint density at radius 3 is 2.36 bits per heavy atom. The summed E-state index contributed by atoms with van der Waals surface area (Å²) in [6.07, 6.45) is 0. The zero-order chi connectivity index (χ0) is 24.6. The average Bonchev–Trinajstić information content (AvgIpc) is 3.28. The number of pyridine rings is 1. The molecular formula is C28H21BN4O3. The van der Waals surface area contributed by atoms with Gasteiger partial charge in [0.25, 0.3) is 5.91 Å². The summed E-state index contributed by atoms with van der Waals surface area (Å²) in [6, 6.07) is 29.7. The second-order valence-corrected chi connectivity index (χ2v) is 8.52. The standard InChI is InChI=1S/C28H21BN4O3/c34-28(17-8-7-9-18(16-17)29(35)36)33-24-15-6-5-14-23(24)32-26-19-10-1-3-12-21(19)30-25-20-11-2-4-13-22(20)31-27(25)26/h1-16,31,35-36H,(H,30,32)(H,33,34). The molecule has 0 saturated carbocycles. The lowest BCUT2D eigenvalue weighted by Crippen LogP contribution is -2.30. The van der Waals surface area contributed by atoms with E-state index in [9.17, 15) is 14.8 Å². The maximum absolute atomic E-state index is 13.0. The fourth-order valence-electron chi connectivity index (χ4n) is 4.46. The molecule has 0 aliphatic heterocycles. The molecule has 7 nitrogen and oxygen atoms in total. The molecule has 5 N–H and O–H groups in total. The third-order valence-electron chi connectivity index (χ3n) is 6.22. The molecule has 8 heteroatoms. The molecule has 0 fully saturated rings. The Kier molecular flexibility index (Phi) is 5.37. The van der Waals surface area contributed by atoms with Crippen LogP contribution in [-0.4, -0.2) is 33.0 Å². The molecule has 1 amide bonds. The van der Waals surface area contributed by atoms with E-state index in [1.807, 2.05) is 72.8 Å². The number of nitrogens with zero attached hydrogens (tertiary/aromatic N) is 1. The van der Waals surface area contributed by atoms with E-state index in [0.717, 1.165) is 38.5 Å². The fraction of sp³-hybridized carbons (Fsp3) is 0. The minimum absolute atomic E-state index is 0.249. The largest absolute Gasteiger partial charge is 0.488 e. The maximum Gasteiger partial charge on any atom is 0.488 e. The molecule has 0 radical (unpaired) electrons. The molecule has 174 valence electrons. The van der Waals surface area contributed by atoms with Gasteiger partial charge < -0.3 is 25.7 Å². The van der Waals surface area contributed by atoms with Crippen LogP contribution in [0.1, 0.15) is 10.4 Å². The first-order valence-corrected chi connectivity index (χ1v) is 11.5. The molecule has 0 aliphatic carbocycles. The van der Waals surface area contributed by atoms with E-state index in [4.69, 9.17) is 4.98 Å². The molecule has 0 spiro atoms. The Morgan fingerprint density at radius 2 is 1.53 bits per heavy atom. The molecule has 0 unspecified atom stereocenters. The minimum Gasteiger partial charge on any atom is -0.423 e. The van der Waals surface area contributed by atoms with Gasteiger partial charge in [0.05, 0.1) is 33.6 Å². The van der Waals surface area contributed by atoms with Crippen molar-refractivity contribution in [3.8, 4) is 0 Å². The summed E-state index contributed by atoms with van der Waals surface area (Å²) in [6.45, 7) is 0. The number of amides is 1. The highest BCUT2D eigenvalue weighted by molar-refractivity contribution is 6.58. The first-order chi connectivity index (χ1) is 17.6. The molecule has 2 aromatic heterocycles. The number of H-pyrrole nitrogens is 1. The zero-order valence-corrected chi connectivity index (χ0v) is 19.1. The summed E-state index contributed by atoms with van der Waals surface area (Å²) in [5.41, 5.74) is 6.32. The molecule has 0 saturated heterocycles. The van der Waals surface area contributed by atoms with Crippen LogP contribution in [0, 0.1) is 0 Å². The number of carbonyl (C=O) groups is 1. The smallest absolute Gasteiger partial charge is 0.423 e. The molecule has 6 aromatic rings. The maximum atomic E-state index is 13.0. The highest BCUT2D eigenvalue weighted by atomic mass is 16.4. The van der Waals surface area contributed by atoms with Gasteiger partial charge in [0.15, 0.2) is 0 Å². The lowest BCUT2D eigenvalue weighted by molar-refractivity contribution is 0.102. The van der Waals surface area contributed by atoms with Crippen molar-refractivity contribution in [3.05, 3.63) is 103 Å². The lowest BCUT2D eigenvalue weighted by Gasteiger charge is -2.16. The van der Waals surface area contributed by atoms with Crippen molar-refractivity contribution >= 4 is 68.4 Å².